The second-order valence-corrected chi connectivity index (χ2v) is 11.7. The van der Waals surface area contributed by atoms with Crippen LogP contribution in [0.15, 0.2) is 89.8 Å². The normalized spacial score (nSPS) is 12.0. The lowest BCUT2D eigenvalue weighted by Crippen LogP contribution is -2.46. The van der Waals surface area contributed by atoms with Gasteiger partial charge in [0.1, 0.15) is 5.92 Å². The van der Waals surface area contributed by atoms with E-state index in [2.05, 4.69) is 10.0 Å². The number of fused-ring (bicyclic) bond motifs is 1. The van der Waals surface area contributed by atoms with Crippen molar-refractivity contribution in [3.8, 4) is 0 Å². The van der Waals surface area contributed by atoms with Crippen molar-refractivity contribution >= 4 is 61.5 Å². The van der Waals surface area contributed by atoms with Crippen LogP contribution in [0.1, 0.15) is 29.8 Å². The molecule has 0 bridgehead atoms. The lowest BCUT2D eigenvalue weighted by atomic mass is 9.97. The molecule has 0 aliphatic heterocycles. The first-order chi connectivity index (χ1) is 20.0. The van der Waals surface area contributed by atoms with Crippen molar-refractivity contribution in [1.82, 2.24) is 9.62 Å². The topological polar surface area (TPSA) is 139 Å². The second kappa shape index (κ2) is 13.1. The van der Waals surface area contributed by atoms with E-state index >= 15 is 0 Å². The highest BCUT2D eigenvalue weighted by molar-refractivity contribution is 7.90. The number of hydrogen-bond acceptors (Lipinski definition) is 6. The lowest BCUT2D eigenvalue weighted by Gasteiger charge is -2.25. The number of anilines is 2. The maximum absolute atomic E-state index is 13.4. The van der Waals surface area contributed by atoms with Crippen LogP contribution in [0.3, 0.4) is 0 Å². The standard InChI is InChI=1S/C31H31ClN4O5S/c1-3-36(4-2)31(39)27(30(38)35-42(40,41)25-15-11-21-7-5-6-8-22(21)18-25)17-20-9-13-24(14-10-20)34-29(37)26-16-12-23(32)19-28(26)33/h5-16,18-19,27H,3-4,17,33H2,1-2H3,(H,34,37)(H,35,38)/t27-/m1/s1. The first-order valence-electron chi connectivity index (χ1n) is 13.3. The molecule has 3 amide bonds. The number of nitrogens with two attached hydrogens (primary N) is 1. The van der Waals surface area contributed by atoms with Gasteiger partial charge in [-0.3, -0.25) is 14.4 Å². The number of carbonyl (C=O) groups excluding carboxylic acids is 3. The van der Waals surface area contributed by atoms with Crippen molar-refractivity contribution in [3.63, 3.8) is 0 Å². The van der Waals surface area contributed by atoms with Crippen LogP contribution in [0, 0.1) is 5.92 Å². The van der Waals surface area contributed by atoms with Crippen molar-refractivity contribution in [2.45, 2.75) is 25.2 Å². The summed E-state index contributed by atoms with van der Waals surface area (Å²) in [6, 6.07) is 23.0. The second-order valence-electron chi connectivity index (χ2n) is 9.63. The molecule has 11 heteroatoms. The number of benzene rings is 4. The Morgan fingerprint density at radius 2 is 1.55 bits per heavy atom. The maximum Gasteiger partial charge on any atom is 0.264 e. The van der Waals surface area contributed by atoms with Gasteiger partial charge >= 0.3 is 0 Å². The van der Waals surface area contributed by atoms with Gasteiger partial charge in [0.05, 0.1) is 10.5 Å². The Kier molecular flexibility index (Phi) is 9.49. The molecule has 4 aromatic rings. The van der Waals surface area contributed by atoms with Gasteiger partial charge in [-0.25, -0.2) is 13.1 Å². The highest BCUT2D eigenvalue weighted by Gasteiger charge is 2.33. The van der Waals surface area contributed by atoms with Crippen molar-refractivity contribution in [2.75, 3.05) is 24.1 Å². The highest BCUT2D eigenvalue weighted by Crippen LogP contribution is 2.22. The van der Waals surface area contributed by atoms with E-state index in [4.69, 9.17) is 17.3 Å². The minimum absolute atomic E-state index is 0.0488. The zero-order valence-corrected chi connectivity index (χ0v) is 24.7. The van der Waals surface area contributed by atoms with E-state index in [-0.39, 0.29) is 22.6 Å². The molecule has 0 unspecified atom stereocenters. The van der Waals surface area contributed by atoms with Gasteiger partial charge < -0.3 is 16.0 Å². The van der Waals surface area contributed by atoms with E-state index in [9.17, 15) is 22.8 Å². The molecule has 4 N–H and O–H groups in total. The number of nitrogen functional groups attached to an aromatic ring is 1. The Bertz CT molecular complexity index is 1740. The van der Waals surface area contributed by atoms with Crippen LogP contribution in [0.25, 0.3) is 10.8 Å². The van der Waals surface area contributed by atoms with Crippen LogP contribution >= 0.6 is 11.6 Å². The van der Waals surface area contributed by atoms with Gasteiger partial charge in [-0.15, -0.1) is 0 Å². The number of hydrogen-bond donors (Lipinski definition) is 3. The molecule has 0 aromatic heterocycles. The number of nitrogens with one attached hydrogen (secondary N) is 2. The van der Waals surface area contributed by atoms with E-state index < -0.39 is 33.7 Å². The fourth-order valence-electron chi connectivity index (χ4n) is 4.54. The van der Waals surface area contributed by atoms with Gasteiger partial charge in [0, 0.05) is 29.5 Å². The number of rotatable bonds is 10. The zero-order valence-electron chi connectivity index (χ0n) is 23.1. The predicted octanol–water partition coefficient (Wildman–Crippen LogP) is 4.86. The predicted molar refractivity (Wildman–Crippen MR) is 165 cm³/mol. The molecule has 0 saturated heterocycles. The molecule has 0 spiro atoms. The summed E-state index contributed by atoms with van der Waals surface area (Å²) in [5.41, 5.74) is 7.46. The van der Waals surface area contributed by atoms with E-state index in [0.29, 0.717) is 34.7 Å². The lowest BCUT2D eigenvalue weighted by molar-refractivity contribution is -0.141. The molecule has 218 valence electrons. The fraction of sp³-hybridized carbons (Fsp3) is 0.194. The molecule has 4 aromatic carbocycles. The number of amides is 3. The van der Waals surface area contributed by atoms with E-state index in [1.807, 2.05) is 12.1 Å². The van der Waals surface area contributed by atoms with Gasteiger partial charge in [-0.2, -0.15) is 0 Å². The monoisotopic (exact) mass is 606 g/mol. The third-order valence-corrected chi connectivity index (χ3v) is 8.45. The fourth-order valence-corrected chi connectivity index (χ4v) is 5.78. The third kappa shape index (κ3) is 7.07. The van der Waals surface area contributed by atoms with Crippen LogP contribution in [-0.2, 0) is 26.0 Å². The molecule has 9 nitrogen and oxygen atoms in total. The Morgan fingerprint density at radius 1 is 0.881 bits per heavy atom. The van der Waals surface area contributed by atoms with Crippen LogP contribution in [0.4, 0.5) is 11.4 Å². The van der Waals surface area contributed by atoms with E-state index in [0.717, 1.165) is 5.39 Å². The number of halogens is 1. The van der Waals surface area contributed by atoms with Crippen molar-refractivity contribution in [1.29, 1.82) is 0 Å². The first-order valence-corrected chi connectivity index (χ1v) is 15.2. The summed E-state index contributed by atoms with van der Waals surface area (Å²) in [6.07, 6.45) is -0.0488. The Morgan fingerprint density at radius 3 is 2.19 bits per heavy atom. The molecule has 0 aliphatic carbocycles. The Hall–Kier alpha value is -4.41. The van der Waals surface area contributed by atoms with Crippen LogP contribution < -0.4 is 15.8 Å². The van der Waals surface area contributed by atoms with Crippen LogP contribution in [0.2, 0.25) is 5.02 Å². The number of sulfonamides is 1. The average molecular weight is 607 g/mol. The SMILES string of the molecule is CCN(CC)C(=O)[C@H](Cc1ccc(NC(=O)c2ccc(Cl)cc2N)cc1)C(=O)NS(=O)(=O)c1ccc2ccccc2c1. The zero-order chi connectivity index (χ0) is 30.4. The van der Waals surface area contributed by atoms with Crippen molar-refractivity contribution in [2.24, 2.45) is 5.92 Å². The smallest absolute Gasteiger partial charge is 0.264 e. The average Bonchev–Trinajstić information content (AvgIpc) is 2.96. The maximum atomic E-state index is 13.4. The molecule has 0 fully saturated rings. The molecule has 1 atom stereocenters. The summed E-state index contributed by atoms with van der Waals surface area (Å²) in [4.78, 5) is 40.8. The molecular weight excluding hydrogens is 576 g/mol. The van der Waals surface area contributed by atoms with Gasteiger partial charge in [0.15, 0.2) is 0 Å². The van der Waals surface area contributed by atoms with E-state index in [1.54, 1.807) is 62.4 Å². The summed E-state index contributed by atoms with van der Waals surface area (Å²) in [7, 11) is -4.25. The quantitative estimate of drug-likeness (QED) is 0.174. The van der Waals surface area contributed by atoms with Crippen molar-refractivity contribution < 1.29 is 22.8 Å². The van der Waals surface area contributed by atoms with Gasteiger partial charge in [-0.05, 0) is 79.1 Å². The minimum atomic E-state index is -4.25. The van der Waals surface area contributed by atoms with Gasteiger partial charge in [-0.1, -0.05) is 54.1 Å². The van der Waals surface area contributed by atoms with Crippen molar-refractivity contribution in [3.05, 3.63) is 101 Å². The summed E-state index contributed by atoms with van der Waals surface area (Å²) >= 11 is 5.91. The Balaban J connectivity index is 1.53. The van der Waals surface area contributed by atoms with E-state index in [1.165, 1.54) is 29.2 Å². The highest BCUT2D eigenvalue weighted by atomic mass is 35.5. The van der Waals surface area contributed by atoms with Gasteiger partial charge in [0.2, 0.25) is 11.8 Å². The molecule has 42 heavy (non-hydrogen) atoms. The molecule has 0 heterocycles. The largest absolute Gasteiger partial charge is 0.398 e. The first kappa shape index (κ1) is 30.5. The molecule has 4 rings (SSSR count). The Labute approximate surface area is 249 Å². The third-order valence-electron chi connectivity index (χ3n) is 6.87. The summed E-state index contributed by atoms with van der Waals surface area (Å²) in [5, 5.41) is 4.72. The van der Waals surface area contributed by atoms with Crippen LogP contribution in [0.5, 0.6) is 0 Å². The number of nitrogens with zero attached hydrogens (tertiary/aromatic N) is 1. The number of carbonyl (C=O) groups is 3. The summed E-state index contributed by atoms with van der Waals surface area (Å²) in [6.45, 7) is 4.28. The van der Waals surface area contributed by atoms with Crippen LogP contribution in [-0.4, -0.2) is 44.1 Å². The van der Waals surface area contributed by atoms with Gasteiger partial charge in [0.25, 0.3) is 15.9 Å². The molecular formula is C31H31ClN4O5S. The summed E-state index contributed by atoms with van der Waals surface area (Å²) < 4.78 is 28.5. The minimum Gasteiger partial charge on any atom is -0.398 e. The molecule has 0 aliphatic rings. The molecule has 0 radical (unpaired) electrons. The summed E-state index contributed by atoms with van der Waals surface area (Å²) in [5.74, 6) is -3.13. The molecule has 0 saturated carbocycles.